The van der Waals surface area contributed by atoms with Gasteiger partial charge in [0.2, 0.25) is 5.95 Å². The molecule has 0 bridgehead atoms. The van der Waals surface area contributed by atoms with Crippen molar-refractivity contribution in [2.24, 2.45) is 0 Å². The number of hydrogen-bond acceptors (Lipinski definition) is 7. The lowest BCUT2D eigenvalue weighted by molar-refractivity contribution is 0.408. The number of aromatic nitrogens is 5. The summed E-state index contributed by atoms with van der Waals surface area (Å²) in [6, 6.07) is 5.56. The van der Waals surface area contributed by atoms with Crippen LogP contribution in [0.4, 0.5) is 11.8 Å². The Hall–Kier alpha value is -2.74. The molecule has 3 aromatic heterocycles. The van der Waals surface area contributed by atoms with Gasteiger partial charge in [-0.25, -0.2) is 15.0 Å². The maximum atomic E-state index is 4.93. The highest BCUT2D eigenvalue weighted by molar-refractivity contribution is 5.89. The molecule has 0 amide bonds. The van der Waals surface area contributed by atoms with E-state index in [1.807, 2.05) is 12.4 Å². The molecule has 5 rings (SSSR count). The molecule has 3 atom stereocenters. The molecule has 2 aliphatic rings. The molecule has 8 heteroatoms. The van der Waals surface area contributed by atoms with Gasteiger partial charge in [0.25, 0.3) is 0 Å². The fourth-order valence-electron chi connectivity index (χ4n) is 4.80. The third kappa shape index (κ3) is 3.49. The summed E-state index contributed by atoms with van der Waals surface area (Å²) in [5.41, 5.74) is 3.51. The van der Waals surface area contributed by atoms with Gasteiger partial charge in [-0.2, -0.15) is 5.10 Å². The Balaban J connectivity index is 1.46. The van der Waals surface area contributed by atoms with Crippen molar-refractivity contribution < 1.29 is 0 Å². The maximum absolute atomic E-state index is 4.93. The zero-order chi connectivity index (χ0) is 20.7. The zero-order valence-electron chi connectivity index (χ0n) is 18.0. The number of fused-ring (bicyclic) bond motifs is 1. The Morgan fingerprint density at radius 3 is 2.60 bits per heavy atom. The molecular weight excluding hydrogens is 376 g/mol. The van der Waals surface area contributed by atoms with Gasteiger partial charge < -0.3 is 15.1 Å². The molecule has 0 aliphatic carbocycles. The molecule has 158 valence electrons. The number of nitrogens with one attached hydrogen (secondary N) is 2. The fraction of sp³-hybridized carbons (Fsp3) is 0.545. The van der Waals surface area contributed by atoms with Gasteiger partial charge in [-0.15, -0.1) is 0 Å². The minimum atomic E-state index is 0.448. The average Bonchev–Trinajstić information content (AvgIpc) is 3.17. The van der Waals surface area contributed by atoms with Crippen molar-refractivity contribution in [2.75, 3.05) is 29.4 Å². The van der Waals surface area contributed by atoms with Crippen LogP contribution in [0.2, 0.25) is 0 Å². The van der Waals surface area contributed by atoms with Gasteiger partial charge in [0.05, 0.1) is 6.20 Å². The first-order valence-electron chi connectivity index (χ1n) is 11.0. The largest absolute Gasteiger partial charge is 0.354 e. The predicted molar refractivity (Wildman–Crippen MR) is 120 cm³/mol. The first-order valence-corrected chi connectivity index (χ1v) is 11.0. The van der Waals surface area contributed by atoms with Gasteiger partial charge in [0.15, 0.2) is 0 Å². The second-order valence-electron chi connectivity index (χ2n) is 8.75. The monoisotopic (exact) mass is 406 g/mol. The molecule has 0 saturated carbocycles. The first-order chi connectivity index (χ1) is 14.6. The molecule has 0 radical (unpaired) electrons. The van der Waals surface area contributed by atoms with Crippen LogP contribution in [0.25, 0.3) is 22.3 Å². The van der Waals surface area contributed by atoms with E-state index in [9.17, 15) is 0 Å². The zero-order valence-corrected chi connectivity index (χ0v) is 18.0. The number of aromatic amines is 1. The Labute approximate surface area is 177 Å². The molecule has 5 heterocycles. The number of hydrogen-bond donors (Lipinski definition) is 2. The quantitative estimate of drug-likeness (QED) is 0.691. The van der Waals surface area contributed by atoms with Gasteiger partial charge in [-0.05, 0) is 52.2 Å². The summed E-state index contributed by atoms with van der Waals surface area (Å²) >= 11 is 0. The second kappa shape index (κ2) is 7.83. The van der Waals surface area contributed by atoms with Crippen molar-refractivity contribution in [1.29, 1.82) is 0 Å². The molecule has 3 aromatic rings. The lowest BCUT2D eigenvalue weighted by Gasteiger charge is -2.39. The van der Waals surface area contributed by atoms with Crippen LogP contribution in [0.15, 0.2) is 24.5 Å². The smallest absolute Gasteiger partial charge is 0.226 e. The van der Waals surface area contributed by atoms with Crippen molar-refractivity contribution in [2.45, 2.75) is 58.2 Å². The number of H-pyrrole nitrogens is 1. The highest BCUT2D eigenvalue weighted by Crippen LogP contribution is 2.30. The Morgan fingerprint density at radius 2 is 1.87 bits per heavy atom. The summed E-state index contributed by atoms with van der Waals surface area (Å²) in [6.45, 7) is 9.67. The van der Waals surface area contributed by atoms with E-state index in [1.54, 1.807) is 0 Å². The Kier molecular flexibility index (Phi) is 5.02. The van der Waals surface area contributed by atoms with Crippen molar-refractivity contribution >= 4 is 22.8 Å². The van der Waals surface area contributed by atoms with Crippen LogP contribution in [0.3, 0.4) is 0 Å². The third-order valence-electron chi connectivity index (χ3n) is 6.43. The van der Waals surface area contributed by atoms with E-state index in [0.29, 0.717) is 18.1 Å². The van der Waals surface area contributed by atoms with Crippen molar-refractivity contribution in [3.8, 4) is 11.3 Å². The van der Waals surface area contributed by atoms with E-state index in [2.05, 4.69) is 63.2 Å². The minimum absolute atomic E-state index is 0.448. The van der Waals surface area contributed by atoms with E-state index in [0.717, 1.165) is 53.7 Å². The summed E-state index contributed by atoms with van der Waals surface area (Å²) in [5.74, 6) is 1.81. The number of anilines is 2. The summed E-state index contributed by atoms with van der Waals surface area (Å²) in [5, 5.41) is 11.1. The SMILES string of the molecule is C[C@@H]1CN(c2ccc(-c3n[nH]c4cnc(N5[C@H](C)CCC[C@@H]5C)nc34)cn2)CCN1. The van der Waals surface area contributed by atoms with Crippen molar-refractivity contribution in [3.63, 3.8) is 0 Å². The van der Waals surface area contributed by atoms with Crippen molar-refractivity contribution in [1.82, 2.24) is 30.5 Å². The molecule has 2 saturated heterocycles. The molecule has 0 unspecified atom stereocenters. The standard InChI is InChI=1S/C22H30N8/c1-14-13-29(10-9-23-14)19-8-7-17(11-24-19)20-21-18(27-28-20)12-25-22(26-21)30-15(2)5-4-6-16(30)3/h7-8,11-12,14-16,23H,4-6,9-10,13H2,1-3H3,(H,27,28)/t14-,15-,16+/m1/s1. The van der Waals surface area contributed by atoms with Gasteiger partial charge in [0, 0.05) is 49.5 Å². The molecule has 2 fully saturated rings. The van der Waals surface area contributed by atoms with Gasteiger partial charge in [-0.3, -0.25) is 5.10 Å². The molecule has 2 N–H and O–H groups in total. The summed E-state index contributed by atoms with van der Waals surface area (Å²) in [4.78, 5) is 19.0. The maximum Gasteiger partial charge on any atom is 0.226 e. The Bertz CT molecular complexity index is 1000. The van der Waals surface area contributed by atoms with Crippen LogP contribution in [0.5, 0.6) is 0 Å². The van der Waals surface area contributed by atoms with E-state index in [1.165, 1.54) is 19.3 Å². The van der Waals surface area contributed by atoms with Gasteiger partial charge in [0.1, 0.15) is 22.5 Å². The normalized spacial score (nSPS) is 25.1. The molecule has 8 nitrogen and oxygen atoms in total. The second-order valence-corrected chi connectivity index (χ2v) is 8.75. The van der Waals surface area contributed by atoms with Crippen LogP contribution < -0.4 is 15.1 Å². The number of rotatable bonds is 3. The van der Waals surface area contributed by atoms with E-state index < -0.39 is 0 Å². The fourth-order valence-corrected chi connectivity index (χ4v) is 4.80. The summed E-state index contributed by atoms with van der Waals surface area (Å²) in [7, 11) is 0. The first kappa shape index (κ1) is 19.2. The molecular formula is C22H30N8. The molecule has 30 heavy (non-hydrogen) atoms. The van der Waals surface area contributed by atoms with Crippen LogP contribution >= 0.6 is 0 Å². The predicted octanol–water partition coefficient (Wildman–Crippen LogP) is 2.98. The molecule has 0 spiro atoms. The van der Waals surface area contributed by atoms with E-state index in [4.69, 9.17) is 9.97 Å². The minimum Gasteiger partial charge on any atom is -0.354 e. The van der Waals surface area contributed by atoms with E-state index >= 15 is 0 Å². The topological polar surface area (TPSA) is 85.9 Å². The molecule has 2 aliphatic heterocycles. The highest BCUT2D eigenvalue weighted by Gasteiger charge is 2.27. The van der Waals surface area contributed by atoms with Crippen LogP contribution in [0, 0.1) is 0 Å². The average molecular weight is 407 g/mol. The van der Waals surface area contributed by atoms with Crippen LogP contribution in [-0.2, 0) is 0 Å². The molecule has 0 aromatic carbocycles. The Morgan fingerprint density at radius 1 is 1.03 bits per heavy atom. The van der Waals surface area contributed by atoms with Gasteiger partial charge in [-0.1, -0.05) is 0 Å². The third-order valence-corrected chi connectivity index (χ3v) is 6.43. The number of nitrogens with zero attached hydrogens (tertiary/aromatic N) is 6. The lowest BCUT2D eigenvalue weighted by Crippen LogP contribution is -2.49. The number of piperazine rings is 1. The number of piperidine rings is 1. The highest BCUT2D eigenvalue weighted by atomic mass is 15.3. The van der Waals surface area contributed by atoms with Gasteiger partial charge >= 0.3 is 0 Å². The lowest BCUT2D eigenvalue weighted by atomic mass is 9.98. The van der Waals surface area contributed by atoms with E-state index in [-0.39, 0.29) is 0 Å². The van der Waals surface area contributed by atoms with Crippen molar-refractivity contribution in [3.05, 3.63) is 24.5 Å². The van der Waals surface area contributed by atoms with Crippen LogP contribution in [-0.4, -0.2) is 62.9 Å². The van der Waals surface area contributed by atoms with Crippen LogP contribution in [0.1, 0.15) is 40.0 Å². The summed E-state index contributed by atoms with van der Waals surface area (Å²) < 4.78 is 0. The number of pyridine rings is 1. The summed E-state index contributed by atoms with van der Waals surface area (Å²) in [6.07, 6.45) is 7.39.